The number of carbonyl (C=O) groups excluding carboxylic acids is 1. The average molecular weight is 355 g/mol. The molecule has 1 aromatic carbocycles. The van der Waals surface area contributed by atoms with Gasteiger partial charge in [-0.15, -0.1) is 11.3 Å². The van der Waals surface area contributed by atoms with E-state index in [0.717, 1.165) is 16.0 Å². The van der Waals surface area contributed by atoms with Gasteiger partial charge in [0.05, 0.1) is 18.0 Å². The van der Waals surface area contributed by atoms with E-state index in [1.807, 2.05) is 37.3 Å². The zero-order chi connectivity index (χ0) is 18.0. The summed E-state index contributed by atoms with van der Waals surface area (Å²) in [7, 11) is 0. The van der Waals surface area contributed by atoms with E-state index in [9.17, 15) is 14.9 Å². The number of benzene rings is 1. The molecule has 0 radical (unpaired) electrons. The molecule has 6 nitrogen and oxygen atoms in total. The molecular formula is C18H17N3O3S. The summed E-state index contributed by atoms with van der Waals surface area (Å²) in [5, 5.41) is 22.0. The fourth-order valence-corrected chi connectivity index (χ4v) is 4.10. The number of hydrogen-bond acceptors (Lipinski definition) is 4. The standard InChI is InChI=1S/C18H17N3O3S/c1-11(12-5-3-2-4-6-12)16(22)20-17-14(9-19)13-7-8-21(18(23)24)10-15(13)25-17/h2-6,11H,7-8,10H2,1H3,(H,20,22)(H,23,24). The van der Waals surface area contributed by atoms with Crippen molar-refractivity contribution in [2.75, 3.05) is 11.9 Å². The third kappa shape index (κ3) is 3.35. The normalized spacial score (nSPS) is 14.3. The highest BCUT2D eigenvalue weighted by molar-refractivity contribution is 7.16. The summed E-state index contributed by atoms with van der Waals surface area (Å²) in [4.78, 5) is 25.8. The minimum Gasteiger partial charge on any atom is -0.465 e. The monoisotopic (exact) mass is 355 g/mol. The predicted molar refractivity (Wildman–Crippen MR) is 94.7 cm³/mol. The summed E-state index contributed by atoms with van der Waals surface area (Å²) in [6, 6.07) is 11.6. The Hall–Kier alpha value is -2.85. The summed E-state index contributed by atoms with van der Waals surface area (Å²) in [5.41, 5.74) is 2.21. The van der Waals surface area contributed by atoms with Gasteiger partial charge in [-0.3, -0.25) is 4.79 Å². The van der Waals surface area contributed by atoms with E-state index >= 15 is 0 Å². The summed E-state index contributed by atoms with van der Waals surface area (Å²) >= 11 is 1.29. The SMILES string of the molecule is CC(C(=O)Nc1sc2c(c1C#N)CCN(C(=O)O)C2)c1ccccc1. The van der Waals surface area contributed by atoms with Gasteiger partial charge in [-0.2, -0.15) is 5.26 Å². The molecule has 0 fully saturated rings. The van der Waals surface area contributed by atoms with Gasteiger partial charge in [0.25, 0.3) is 0 Å². The van der Waals surface area contributed by atoms with Crippen LogP contribution in [0.1, 0.15) is 34.4 Å². The molecule has 0 saturated carbocycles. The molecule has 7 heteroatoms. The Bertz CT molecular complexity index is 854. The van der Waals surface area contributed by atoms with Gasteiger partial charge in [0.2, 0.25) is 5.91 Å². The quantitative estimate of drug-likeness (QED) is 0.882. The van der Waals surface area contributed by atoms with Crippen LogP contribution in [0.2, 0.25) is 0 Å². The van der Waals surface area contributed by atoms with Crippen LogP contribution in [0.3, 0.4) is 0 Å². The second-order valence-corrected chi connectivity index (χ2v) is 7.00. The van der Waals surface area contributed by atoms with Gasteiger partial charge >= 0.3 is 6.09 Å². The molecule has 3 rings (SSSR count). The van der Waals surface area contributed by atoms with Crippen LogP contribution >= 0.6 is 11.3 Å². The lowest BCUT2D eigenvalue weighted by Gasteiger charge is -2.23. The van der Waals surface area contributed by atoms with Crippen molar-refractivity contribution in [1.82, 2.24) is 4.90 Å². The predicted octanol–water partition coefficient (Wildman–Crippen LogP) is 3.40. The Morgan fingerprint density at radius 2 is 2.08 bits per heavy atom. The Kier molecular flexibility index (Phi) is 4.72. The second kappa shape index (κ2) is 6.95. The number of nitrogens with one attached hydrogen (secondary N) is 1. The van der Waals surface area contributed by atoms with Crippen molar-refractivity contribution in [2.24, 2.45) is 0 Å². The highest BCUT2D eigenvalue weighted by Gasteiger charge is 2.28. The highest BCUT2D eigenvalue weighted by Crippen LogP contribution is 2.37. The Balaban J connectivity index is 1.83. The number of nitrogens with zero attached hydrogens (tertiary/aromatic N) is 2. The number of rotatable bonds is 3. The molecular weight excluding hydrogens is 338 g/mol. The first kappa shape index (κ1) is 17.0. The Labute approximate surface area is 149 Å². The average Bonchev–Trinajstić information content (AvgIpc) is 2.97. The van der Waals surface area contributed by atoms with Crippen molar-refractivity contribution in [3.05, 3.63) is 51.9 Å². The molecule has 1 aromatic heterocycles. The molecule has 2 amide bonds. The lowest BCUT2D eigenvalue weighted by Crippen LogP contribution is -2.34. The molecule has 2 N–H and O–H groups in total. The Morgan fingerprint density at radius 1 is 1.36 bits per heavy atom. The molecule has 1 unspecified atom stereocenters. The molecule has 0 spiro atoms. The van der Waals surface area contributed by atoms with Crippen LogP contribution in [0.15, 0.2) is 30.3 Å². The van der Waals surface area contributed by atoms with Crippen molar-refractivity contribution in [3.63, 3.8) is 0 Å². The van der Waals surface area contributed by atoms with Crippen LogP contribution in [-0.4, -0.2) is 28.6 Å². The third-order valence-corrected chi connectivity index (χ3v) is 5.50. The summed E-state index contributed by atoms with van der Waals surface area (Å²) in [6.45, 7) is 2.44. The summed E-state index contributed by atoms with van der Waals surface area (Å²) in [6.07, 6.45) is -0.480. The lowest BCUT2D eigenvalue weighted by molar-refractivity contribution is -0.117. The van der Waals surface area contributed by atoms with Crippen LogP contribution in [-0.2, 0) is 17.8 Å². The van der Waals surface area contributed by atoms with Crippen LogP contribution < -0.4 is 5.32 Å². The molecule has 25 heavy (non-hydrogen) atoms. The number of nitriles is 1. The van der Waals surface area contributed by atoms with E-state index in [4.69, 9.17) is 5.11 Å². The molecule has 1 aliphatic rings. The first-order valence-electron chi connectivity index (χ1n) is 7.89. The largest absolute Gasteiger partial charge is 0.465 e. The number of carboxylic acid groups (broad SMARTS) is 1. The smallest absolute Gasteiger partial charge is 0.407 e. The zero-order valence-corrected chi connectivity index (χ0v) is 14.5. The van der Waals surface area contributed by atoms with Crippen molar-refractivity contribution in [3.8, 4) is 6.07 Å². The van der Waals surface area contributed by atoms with Gasteiger partial charge in [0.1, 0.15) is 11.1 Å². The van der Waals surface area contributed by atoms with Crippen LogP contribution in [0.4, 0.5) is 9.80 Å². The number of carbonyl (C=O) groups is 2. The number of hydrogen-bond donors (Lipinski definition) is 2. The number of thiophene rings is 1. The van der Waals surface area contributed by atoms with Crippen molar-refractivity contribution in [1.29, 1.82) is 5.26 Å². The molecule has 0 bridgehead atoms. The Morgan fingerprint density at radius 3 is 2.72 bits per heavy atom. The molecule has 2 heterocycles. The van der Waals surface area contributed by atoms with E-state index < -0.39 is 6.09 Å². The minimum absolute atomic E-state index is 0.184. The summed E-state index contributed by atoms with van der Waals surface area (Å²) in [5.74, 6) is -0.529. The number of fused-ring (bicyclic) bond motifs is 1. The van der Waals surface area contributed by atoms with Gasteiger partial charge in [-0.1, -0.05) is 30.3 Å². The molecule has 128 valence electrons. The molecule has 0 aliphatic carbocycles. The number of amides is 2. The maximum absolute atomic E-state index is 12.5. The second-order valence-electron chi connectivity index (χ2n) is 5.90. The first-order chi connectivity index (χ1) is 12.0. The van der Waals surface area contributed by atoms with Gasteiger partial charge < -0.3 is 15.3 Å². The maximum atomic E-state index is 12.5. The van der Waals surface area contributed by atoms with E-state index in [-0.39, 0.29) is 18.4 Å². The van der Waals surface area contributed by atoms with Crippen molar-refractivity contribution < 1.29 is 14.7 Å². The fraction of sp³-hybridized carbons (Fsp3) is 0.278. The maximum Gasteiger partial charge on any atom is 0.407 e. The molecule has 1 atom stereocenters. The molecule has 2 aromatic rings. The fourth-order valence-electron chi connectivity index (χ4n) is 2.89. The van der Waals surface area contributed by atoms with E-state index in [1.165, 1.54) is 16.2 Å². The van der Waals surface area contributed by atoms with Gasteiger partial charge in [0.15, 0.2) is 0 Å². The summed E-state index contributed by atoms with van der Waals surface area (Å²) < 4.78 is 0. The number of anilines is 1. The molecule has 1 aliphatic heterocycles. The zero-order valence-electron chi connectivity index (χ0n) is 13.7. The van der Waals surface area contributed by atoms with Crippen LogP contribution in [0.25, 0.3) is 0 Å². The van der Waals surface area contributed by atoms with E-state index in [0.29, 0.717) is 23.5 Å². The molecule has 0 saturated heterocycles. The van der Waals surface area contributed by atoms with Crippen LogP contribution in [0, 0.1) is 11.3 Å². The minimum atomic E-state index is -0.971. The topological polar surface area (TPSA) is 93.4 Å². The van der Waals surface area contributed by atoms with Gasteiger partial charge in [-0.05, 0) is 24.5 Å². The van der Waals surface area contributed by atoms with E-state index in [2.05, 4.69) is 11.4 Å². The van der Waals surface area contributed by atoms with Gasteiger partial charge in [0, 0.05) is 11.4 Å². The van der Waals surface area contributed by atoms with Crippen molar-refractivity contribution >= 4 is 28.3 Å². The van der Waals surface area contributed by atoms with Gasteiger partial charge in [-0.25, -0.2) is 4.79 Å². The lowest BCUT2D eigenvalue weighted by atomic mass is 10.0. The first-order valence-corrected chi connectivity index (χ1v) is 8.71. The highest BCUT2D eigenvalue weighted by atomic mass is 32.1. The van der Waals surface area contributed by atoms with Crippen molar-refractivity contribution in [2.45, 2.75) is 25.8 Å². The third-order valence-electron chi connectivity index (χ3n) is 4.37. The van der Waals surface area contributed by atoms with Crippen LogP contribution in [0.5, 0.6) is 0 Å². The van der Waals surface area contributed by atoms with E-state index in [1.54, 1.807) is 0 Å².